The fraction of sp³-hybridized carbons (Fsp3) is 0.222. The lowest BCUT2D eigenvalue weighted by atomic mass is 10.4. The van der Waals surface area contributed by atoms with Gasteiger partial charge in [-0.15, -0.1) is 11.3 Å². The van der Waals surface area contributed by atoms with Crippen molar-refractivity contribution in [1.82, 2.24) is 9.97 Å². The van der Waals surface area contributed by atoms with Gasteiger partial charge in [-0.2, -0.15) is 0 Å². The van der Waals surface area contributed by atoms with Crippen LogP contribution in [0.5, 0.6) is 0 Å². The molecule has 15 heavy (non-hydrogen) atoms. The van der Waals surface area contributed by atoms with E-state index in [0.717, 1.165) is 4.70 Å². The lowest BCUT2D eigenvalue weighted by Crippen LogP contribution is -2.09. The largest absolute Gasteiger partial charge is 0.460 e. The molecule has 0 N–H and O–H groups in total. The lowest BCUT2D eigenvalue weighted by molar-refractivity contribution is 0.0512. The number of carbonyl (C=O) groups is 1. The predicted octanol–water partition coefficient (Wildman–Crippen LogP) is 2.52. The molecule has 0 saturated carbocycles. The molecular formula is C9H7ClN2O2S. The molecule has 0 saturated heterocycles. The summed E-state index contributed by atoms with van der Waals surface area (Å²) in [7, 11) is 0. The van der Waals surface area contributed by atoms with E-state index in [1.807, 2.05) is 5.38 Å². The van der Waals surface area contributed by atoms with E-state index in [-0.39, 0.29) is 11.0 Å². The Kier molecular flexibility index (Phi) is 2.83. The van der Waals surface area contributed by atoms with Gasteiger partial charge in [-0.25, -0.2) is 14.8 Å². The van der Waals surface area contributed by atoms with Crippen LogP contribution in [-0.4, -0.2) is 22.5 Å². The number of aromatic nitrogens is 2. The van der Waals surface area contributed by atoms with Crippen molar-refractivity contribution >= 4 is 39.1 Å². The Bertz CT molecular complexity index is 512. The second kappa shape index (κ2) is 4.12. The summed E-state index contributed by atoms with van der Waals surface area (Å²) in [5, 5.41) is 2.14. The van der Waals surface area contributed by atoms with Gasteiger partial charge in [0.1, 0.15) is 0 Å². The minimum absolute atomic E-state index is 0.00718. The van der Waals surface area contributed by atoms with Gasteiger partial charge >= 0.3 is 5.97 Å². The Labute approximate surface area is 94.9 Å². The quantitative estimate of drug-likeness (QED) is 0.600. The second-order valence-corrected chi connectivity index (χ2v) is 3.97. The highest BCUT2D eigenvalue weighted by Gasteiger charge is 2.14. The van der Waals surface area contributed by atoms with Gasteiger partial charge in [-0.1, -0.05) is 11.6 Å². The van der Waals surface area contributed by atoms with Crippen LogP contribution in [-0.2, 0) is 4.74 Å². The molecule has 6 heteroatoms. The molecule has 2 rings (SSSR count). The Morgan fingerprint density at radius 2 is 2.40 bits per heavy atom. The molecule has 78 valence electrons. The number of esters is 1. The molecule has 0 unspecified atom stereocenters. The summed E-state index contributed by atoms with van der Waals surface area (Å²) in [6.07, 6.45) is 0. The summed E-state index contributed by atoms with van der Waals surface area (Å²) in [4.78, 5) is 19.3. The Morgan fingerprint density at radius 3 is 3.13 bits per heavy atom. The van der Waals surface area contributed by atoms with Crippen molar-refractivity contribution in [3.8, 4) is 0 Å². The summed E-state index contributed by atoms with van der Waals surface area (Å²) < 4.78 is 5.57. The number of carbonyl (C=O) groups excluding carboxylic acids is 1. The van der Waals surface area contributed by atoms with Gasteiger partial charge in [0.25, 0.3) is 0 Å². The molecule has 0 amide bonds. The third-order valence-corrected chi connectivity index (χ3v) is 3.02. The molecule has 2 heterocycles. The third-order valence-electron chi connectivity index (χ3n) is 1.72. The topological polar surface area (TPSA) is 52.1 Å². The zero-order valence-corrected chi connectivity index (χ0v) is 9.43. The van der Waals surface area contributed by atoms with E-state index < -0.39 is 5.97 Å². The smallest absolute Gasteiger partial charge is 0.376 e. The maximum atomic E-state index is 11.4. The minimum atomic E-state index is -0.549. The van der Waals surface area contributed by atoms with Crippen LogP contribution >= 0.6 is 22.9 Å². The lowest BCUT2D eigenvalue weighted by Gasteiger charge is -2.00. The van der Waals surface area contributed by atoms with Crippen LogP contribution < -0.4 is 0 Å². The van der Waals surface area contributed by atoms with Gasteiger partial charge in [0.05, 0.1) is 16.8 Å². The highest BCUT2D eigenvalue weighted by molar-refractivity contribution is 7.17. The van der Waals surface area contributed by atoms with Crippen LogP contribution in [0.4, 0.5) is 0 Å². The summed E-state index contributed by atoms with van der Waals surface area (Å²) in [5.41, 5.74) is 0.669. The number of halogens is 1. The van der Waals surface area contributed by atoms with E-state index in [0.29, 0.717) is 12.1 Å². The van der Waals surface area contributed by atoms with Gasteiger partial charge in [-0.3, -0.25) is 0 Å². The number of hydrogen-bond acceptors (Lipinski definition) is 5. The molecule has 0 bridgehead atoms. The average Bonchev–Trinajstić information content (AvgIpc) is 2.66. The van der Waals surface area contributed by atoms with Crippen molar-refractivity contribution in [3.05, 3.63) is 22.4 Å². The zero-order valence-electron chi connectivity index (χ0n) is 7.86. The molecule has 0 atom stereocenters. The molecule has 2 aromatic rings. The Balaban J connectivity index is 2.49. The zero-order chi connectivity index (χ0) is 10.8. The van der Waals surface area contributed by atoms with Crippen molar-refractivity contribution in [1.29, 1.82) is 0 Å². The molecule has 0 aliphatic carbocycles. The number of rotatable bonds is 2. The fourth-order valence-corrected chi connectivity index (χ4v) is 2.14. The monoisotopic (exact) mass is 242 g/mol. The second-order valence-electron chi connectivity index (χ2n) is 2.69. The van der Waals surface area contributed by atoms with Crippen molar-refractivity contribution in [2.75, 3.05) is 6.61 Å². The first-order valence-corrected chi connectivity index (χ1v) is 5.56. The number of ether oxygens (including phenoxy) is 1. The van der Waals surface area contributed by atoms with Crippen molar-refractivity contribution in [3.63, 3.8) is 0 Å². The molecule has 0 fully saturated rings. The summed E-state index contributed by atoms with van der Waals surface area (Å²) in [5.74, 6) is -0.541. The maximum Gasteiger partial charge on any atom is 0.376 e. The highest BCUT2D eigenvalue weighted by atomic mass is 35.5. The SMILES string of the molecule is CCOC(=O)c1nc(Cl)c2sccc2n1. The van der Waals surface area contributed by atoms with Crippen LogP contribution in [0.2, 0.25) is 5.15 Å². The molecule has 0 radical (unpaired) electrons. The van der Waals surface area contributed by atoms with Crippen LogP contribution in [0, 0.1) is 0 Å². The predicted molar refractivity (Wildman–Crippen MR) is 58.4 cm³/mol. The summed E-state index contributed by atoms with van der Waals surface area (Å²) >= 11 is 7.34. The van der Waals surface area contributed by atoms with Gasteiger partial charge in [-0.05, 0) is 18.4 Å². The summed E-state index contributed by atoms with van der Waals surface area (Å²) in [6.45, 7) is 2.02. The van der Waals surface area contributed by atoms with E-state index >= 15 is 0 Å². The van der Waals surface area contributed by atoms with Gasteiger partial charge in [0.15, 0.2) is 5.15 Å². The number of thiophene rings is 1. The first-order chi connectivity index (χ1) is 7.22. The third kappa shape index (κ3) is 1.93. The van der Waals surface area contributed by atoms with Crippen LogP contribution in [0.25, 0.3) is 10.2 Å². The van der Waals surface area contributed by atoms with Crippen molar-refractivity contribution < 1.29 is 9.53 Å². The van der Waals surface area contributed by atoms with Crippen LogP contribution in [0.15, 0.2) is 11.4 Å². The molecule has 0 spiro atoms. The van der Waals surface area contributed by atoms with Gasteiger partial charge in [0.2, 0.25) is 5.82 Å². The standard InChI is InChI=1S/C9H7ClN2O2S/c1-2-14-9(13)8-11-5-3-4-15-6(5)7(10)12-8/h3-4H,2H2,1H3. The number of fused-ring (bicyclic) bond motifs is 1. The van der Waals surface area contributed by atoms with E-state index in [4.69, 9.17) is 16.3 Å². The van der Waals surface area contributed by atoms with Crippen LogP contribution in [0.1, 0.15) is 17.5 Å². The molecule has 2 aromatic heterocycles. The minimum Gasteiger partial charge on any atom is -0.460 e. The maximum absolute atomic E-state index is 11.4. The molecule has 0 aliphatic rings. The van der Waals surface area contributed by atoms with E-state index in [1.165, 1.54) is 11.3 Å². The molecular weight excluding hydrogens is 236 g/mol. The molecule has 4 nitrogen and oxygen atoms in total. The fourth-order valence-electron chi connectivity index (χ4n) is 1.11. The van der Waals surface area contributed by atoms with Gasteiger partial charge < -0.3 is 4.74 Å². The Hall–Kier alpha value is -1.20. The first-order valence-electron chi connectivity index (χ1n) is 4.30. The van der Waals surface area contributed by atoms with Crippen LogP contribution in [0.3, 0.4) is 0 Å². The van der Waals surface area contributed by atoms with Gasteiger partial charge in [0, 0.05) is 0 Å². The highest BCUT2D eigenvalue weighted by Crippen LogP contribution is 2.25. The average molecular weight is 243 g/mol. The normalized spacial score (nSPS) is 10.5. The number of hydrogen-bond donors (Lipinski definition) is 0. The van der Waals surface area contributed by atoms with E-state index in [9.17, 15) is 4.79 Å². The van der Waals surface area contributed by atoms with Crippen molar-refractivity contribution in [2.45, 2.75) is 6.92 Å². The van der Waals surface area contributed by atoms with Crippen molar-refractivity contribution in [2.24, 2.45) is 0 Å². The molecule has 0 aliphatic heterocycles. The van der Waals surface area contributed by atoms with E-state index in [2.05, 4.69) is 9.97 Å². The molecule has 0 aromatic carbocycles. The van der Waals surface area contributed by atoms with E-state index in [1.54, 1.807) is 13.0 Å². The first kappa shape index (κ1) is 10.3. The summed E-state index contributed by atoms with van der Waals surface area (Å²) in [6, 6.07) is 1.79. The number of nitrogens with zero attached hydrogens (tertiary/aromatic N) is 2. The Morgan fingerprint density at radius 1 is 1.60 bits per heavy atom.